The van der Waals surface area contributed by atoms with Gasteiger partial charge in [-0.25, -0.2) is 4.79 Å². The van der Waals surface area contributed by atoms with Gasteiger partial charge in [0.15, 0.2) is 0 Å². The van der Waals surface area contributed by atoms with Crippen LogP contribution in [0.4, 0.5) is 13.2 Å². The van der Waals surface area contributed by atoms with Crippen molar-refractivity contribution in [3.05, 3.63) is 35.4 Å². The van der Waals surface area contributed by atoms with Crippen molar-refractivity contribution in [3.8, 4) is 0 Å². The molecule has 1 aromatic rings. The van der Waals surface area contributed by atoms with Crippen molar-refractivity contribution in [1.29, 1.82) is 0 Å². The summed E-state index contributed by atoms with van der Waals surface area (Å²) in [5.74, 6) is -0.630. The fraction of sp³-hybridized carbons (Fsp3) is 0.533. The summed E-state index contributed by atoms with van der Waals surface area (Å²) in [5, 5.41) is 0. The third kappa shape index (κ3) is 3.32. The quantitative estimate of drug-likeness (QED) is 0.768. The number of esters is 1. The van der Waals surface area contributed by atoms with Crippen molar-refractivity contribution in [2.45, 2.75) is 44.9 Å². The Hall–Kier alpha value is -1.52. The molecule has 1 saturated carbocycles. The van der Waals surface area contributed by atoms with Crippen LogP contribution in [-0.4, -0.2) is 12.1 Å². The second kappa shape index (κ2) is 5.85. The highest BCUT2D eigenvalue weighted by molar-refractivity contribution is 5.91. The standard InChI is InChI=1S/C15H17F3O2/c1-10(11-6-2-3-7-11)20-14(19)12-8-4-5-9-13(12)15(16,17)18/h4-5,8-11H,2-3,6-7H2,1H3. The molecule has 0 aliphatic heterocycles. The summed E-state index contributed by atoms with van der Waals surface area (Å²) in [6.07, 6.45) is -0.778. The van der Waals surface area contributed by atoms with Crippen molar-refractivity contribution in [3.63, 3.8) is 0 Å². The van der Waals surface area contributed by atoms with E-state index in [1.807, 2.05) is 0 Å². The third-order valence-electron chi connectivity index (χ3n) is 3.81. The molecule has 0 heterocycles. The van der Waals surface area contributed by atoms with Gasteiger partial charge < -0.3 is 4.74 Å². The monoisotopic (exact) mass is 286 g/mol. The molecule has 110 valence electrons. The molecule has 1 aliphatic rings. The molecule has 2 rings (SSSR count). The topological polar surface area (TPSA) is 26.3 Å². The van der Waals surface area contributed by atoms with Crippen molar-refractivity contribution >= 4 is 5.97 Å². The summed E-state index contributed by atoms with van der Waals surface area (Å²) in [5.41, 5.74) is -1.35. The normalized spacial score (nSPS) is 18.0. The summed E-state index contributed by atoms with van der Waals surface area (Å²) in [6, 6.07) is 4.73. The largest absolute Gasteiger partial charge is 0.459 e. The fourth-order valence-corrected chi connectivity index (χ4v) is 2.66. The Morgan fingerprint density at radius 3 is 2.45 bits per heavy atom. The van der Waals surface area contributed by atoms with Gasteiger partial charge >= 0.3 is 12.1 Å². The SMILES string of the molecule is CC(OC(=O)c1ccccc1C(F)(F)F)C1CCCC1. The number of benzene rings is 1. The van der Waals surface area contributed by atoms with Crippen molar-refractivity contribution in [1.82, 2.24) is 0 Å². The van der Waals surface area contributed by atoms with Gasteiger partial charge in [0.2, 0.25) is 0 Å². The summed E-state index contributed by atoms with van der Waals surface area (Å²) in [4.78, 5) is 12.0. The van der Waals surface area contributed by atoms with Crippen LogP contribution in [0.1, 0.15) is 48.5 Å². The van der Waals surface area contributed by atoms with Crippen molar-refractivity contribution in [2.75, 3.05) is 0 Å². The molecular formula is C15H17F3O2. The van der Waals surface area contributed by atoms with E-state index in [1.54, 1.807) is 6.92 Å². The van der Waals surface area contributed by atoms with Gasteiger partial charge in [0.05, 0.1) is 11.1 Å². The molecule has 1 atom stereocenters. The van der Waals surface area contributed by atoms with E-state index in [2.05, 4.69) is 0 Å². The number of hydrogen-bond donors (Lipinski definition) is 0. The summed E-state index contributed by atoms with van der Waals surface area (Å²) >= 11 is 0. The van der Waals surface area contributed by atoms with E-state index in [1.165, 1.54) is 12.1 Å². The number of carbonyl (C=O) groups excluding carboxylic acids is 1. The Bertz CT molecular complexity index is 476. The molecule has 2 nitrogen and oxygen atoms in total. The molecule has 0 spiro atoms. The summed E-state index contributed by atoms with van der Waals surface area (Å²) in [7, 11) is 0. The minimum Gasteiger partial charge on any atom is -0.459 e. The first kappa shape index (κ1) is 14.9. The van der Waals surface area contributed by atoms with E-state index < -0.39 is 23.3 Å². The molecule has 1 aromatic carbocycles. The first-order valence-electron chi connectivity index (χ1n) is 6.77. The number of hydrogen-bond acceptors (Lipinski definition) is 2. The Morgan fingerprint density at radius 1 is 1.25 bits per heavy atom. The Morgan fingerprint density at radius 2 is 1.85 bits per heavy atom. The molecule has 1 aliphatic carbocycles. The van der Waals surface area contributed by atoms with Crippen LogP contribution in [0.2, 0.25) is 0 Å². The highest BCUT2D eigenvalue weighted by Crippen LogP contribution is 2.33. The molecule has 5 heteroatoms. The third-order valence-corrected chi connectivity index (χ3v) is 3.81. The van der Waals surface area contributed by atoms with Crippen molar-refractivity contribution in [2.24, 2.45) is 5.92 Å². The van der Waals surface area contributed by atoms with Crippen LogP contribution < -0.4 is 0 Å². The maximum Gasteiger partial charge on any atom is 0.417 e. The maximum absolute atomic E-state index is 12.8. The fourth-order valence-electron chi connectivity index (χ4n) is 2.66. The molecule has 1 unspecified atom stereocenters. The van der Waals surface area contributed by atoms with Gasteiger partial charge in [-0.05, 0) is 37.8 Å². The first-order chi connectivity index (χ1) is 9.39. The van der Waals surface area contributed by atoms with E-state index in [-0.39, 0.29) is 12.0 Å². The molecule has 1 fully saturated rings. The zero-order chi connectivity index (χ0) is 14.8. The molecule has 0 radical (unpaired) electrons. The second-order valence-electron chi connectivity index (χ2n) is 5.20. The zero-order valence-electron chi connectivity index (χ0n) is 11.2. The predicted octanol–water partition coefficient (Wildman–Crippen LogP) is 4.44. The summed E-state index contributed by atoms with van der Waals surface area (Å²) in [6.45, 7) is 1.75. The molecule has 0 bridgehead atoms. The minimum atomic E-state index is -4.55. The Labute approximate surface area is 115 Å². The van der Waals surface area contributed by atoms with Gasteiger partial charge in [0.25, 0.3) is 0 Å². The first-order valence-corrected chi connectivity index (χ1v) is 6.77. The van der Waals surface area contributed by atoms with Gasteiger partial charge in [-0.1, -0.05) is 25.0 Å². The van der Waals surface area contributed by atoms with Gasteiger partial charge in [-0.3, -0.25) is 0 Å². The number of halogens is 3. The number of rotatable bonds is 3. The van der Waals surface area contributed by atoms with Gasteiger partial charge in [-0.15, -0.1) is 0 Å². The Balaban J connectivity index is 2.13. The lowest BCUT2D eigenvalue weighted by molar-refractivity contribution is -0.138. The molecule has 20 heavy (non-hydrogen) atoms. The van der Waals surface area contributed by atoms with E-state index in [0.717, 1.165) is 37.8 Å². The van der Waals surface area contributed by atoms with Crippen LogP contribution in [0.15, 0.2) is 24.3 Å². The Kier molecular flexibility index (Phi) is 4.35. The van der Waals surface area contributed by atoms with Gasteiger partial charge in [0, 0.05) is 0 Å². The smallest absolute Gasteiger partial charge is 0.417 e. The molecular weight excluding hydrogens is 269 g/mol. The lowest BCUT2D eigenvalue weighted by Gasteiger charge is -2.20. The number of alkyl halides is 3. The average molecular weight is 286 g/mol. The van der Waals surface area contributed by atoms with E-state index in [0.29, 0.717) is 0 Å². The molecule has 0 N–H and O–H groups in total. The van der Waals surface area contributed by atoms with E-state index in [4.69, 9.17) is 4.74 Å². The molecule has 0 saturated heterocycles. The second-order valence-corrected chi connectivity index (χ2v) is 5.20. The van der Waals surface area contributed by atoms with Gasteiger partial charge in [-0.2, -0.15) is 13.2 Å². The molecule has 0 aromatic heterocycles. The lowest BCUT2D eigenvalue weighted by atomic mass is 10.0. The minimum absolute atomic E-state index is 0.261. The van der Waals surface area contributed by atoms with E-state index >= 15 is 0 Å². The van der Waals surface area contributed by atoms with Crippen LogP contribution >= 0.6 is 0 Å². The highest BCUT2D eigenvalue weighted by atomic mass is 19.4. The maximum atomic E-state index is 12.8. The van der Waals surface area contributed by atoms with Crippen molar-refractivity contribution < 1.29 is 22.7 Å². The van der Waals surface area contributed by atoms with Crippen LogP contribution in [-0.2, 0) is 10.9 Å². The summed E-state index contributed by atoms with van der Waals surface area (Å²) < 4.78 is 43.7. The molecule has 0 amide bonds. The number of ether oxygens (including phenoxy) is 1. The van der Waals surface area contributed by atoms with E-state index in [9.17, 15) is 18.0 Å². The van der Waals surface area contributed by atoms with Crippen LogP contribution in [0.25, 0.3) is 0 Å². The zero-order valence-corrected chi connectivity index (χ0v) is 11.2. The highest BCUT2D eigenvalue weighted by Gasteiger charge is 2.36. The number of carbonyl (C=O) groups is 1. The van der Waals surface area contributed by atoms with Gasteiger partial charge in [0.1, 0.15) is 6.10 Å². The van der Waals surface area contributed by atoms with Crippen LogP contribution in [0.5, 0.6) is 0 Å². The van der Waals surface area contributed by atoms with Crippen LogP contribution in [0.3, 0.4) is 0 Å². The average Bonchev–Trinajstić information content (AvgIpc) is 2.91. The lowest BCUT2D eigenvalue weighted by Crippen LogP contribution is -2.24. The van der Waals surface area contributed by atoms with Crippen LogP contribution in [0, 0.1) is 5.92 Å². The predicted molar refractivity (Wildman–Crippen MR) is 68.3 cm³/mol.